The van der Waals surface area contributed by atoms with Gasteiger partial charge in [0.15, 0.2) is 11.5 Å². The van der Waals surface area contributed by atoms with Gasteiger partial charge >= 0.3 is 12.3 Å². The van der Waals surface area contributed by atoms with Gasteiger partial charge in [-0.2, -0.15) is 0 Å². The van der Waals surface area contributed by atoms with Crippen molar-refractivity contribution in [2.75, 3.05) is 18.0 Å². The average molecular weight is 684 g/mol. The van der Waals surface area contributed by atoms with Crippen LogP contribution in [0.1, 0.15) is 48.0 Å². The molecule has 234 valence electrons. The van der Waals surface area contributed by atoms with Gasteiger partial charge in [0, 0.05) is 21.8 Å². The number of anilines is 1. The van der Waals surface area contributed by atoms with E-state index in [0.29, 0.717) is 20.9 Å². The Morgan fingerprint density at radius 3 is 2.34 bits per heavy atom. The van der Waals surface area contributed by atoms with Crippen LogP contribution in [0.5, 0.6) is 11.5 Å². The lowest BCUT2D eigenvalue weighted by Gasteiger charge is -2.55. The lowest BCUT2D eigenvalue weighted by Crippen LogP contribution is -2.67. The fourth-order valence-corrected chi connectivity index (χ4v) is 7.05. The Kier molecular flexibility index (Phi) is 7.21. The van der Waals surface area contributed by atoms with E-state index in [2.05, 4.69) is 31.0 Å². The number of carboxylic acid groups (broad SMARTS) is 1. The lowest BCUT2D eigenvalue weighted by molar-refractivity contribution is -0.275. The van der Waals surface area contributed by atoms with Crippen molar-refractivity contribution in [3.63, 3.8) is 0 Å². The van der Waals surface area contributed by atoms with Crippen molar-refractivity contribution < 1.29 is 46.1 Å². The molecule has 2 aromatic carbocycles. The number of nitrogens with one attached hydrogen (secondary N) is 1. The molecule has 1 saturated heterocycles. The van der Waals surface area contributed by atoms with Gasteiger partial charge in [-0.05, 0) is 62.9 Å². The first kappa shape index (κ1) is 30.4. The number of aliphatic carboxylic acids is 1. The molecule has 4 aliphatic rings. The van der Waals surface area contributed by atoms with Gasteiger partial charge in [0.25, 0.3) is 11.8 Å². The molecule has 7 rings (SSSR count). The summed E-state index contributed by atoms with van der Waals surface area (Å²) in [4.78, 5) is 32.6. The van der Waals surface area contributed by atoms with Crippen molar-refractivity contribution in [3.8, 4) is 11.5 Å². The smallest absolute Gasteiger partial charge is 0.484 e. The molecular formula is C30H27BrF5N3O5. The zero-order valence-electron chi connectivity index (χ0n) is 23.3. The molecule has 1 atom stereocenters. The van der Waals surface area contributed by atoms with Gasteiger partial charge in [0.2, 0.25) is 0 Å². The third-order valence-electron chi connectivity index (χ3n) is 8.99. The Balaban J connectivity index is 1.39. The van der Waals surface area contributed by atoms with Gasteiger partial charge in [-0.25, -0.2) is 13.8 Å². The molecule has 3 aliphatic carbocycles. The van der Waals surface area contributed by atoms with Crippen molar-refractivity contribution >= 4 is 44.5 Å². The standard InChI is InChI=1S/C30H27BrF5N3O5/c1-16-23(18-12-17(31)6-7-19(18)37-24(16)39-14-29(32,33)15-39)25(40)38-28-10-8-27(9-11-28,26(41)42)13-22(28)43-20-4-2-3-5-21(20)44-30(34,35)36/h2-7,12,22H,8-11,13-15H2,1H3,(H,38,40)(H,41,42)/t22-,27?,28?/m1/s1. The maximum atomic E-state index is 14.2. The van der Waals surface area contributed by atoms with Crippen molar-refractivity contribution in [1.29, 1.82) is 0 Å². The number of carbonyl (C=O) groups excluding carboxylic acids is 1. The Morgan fingerprint density at radius 1 is 1.07 bits per heavy atom. The Bertz CT molecular complexity index is 1650. The quantitative estimate of drug-likeness (QED) is 0.270. The summed E-state index contributed by atoms with van der Waals surface area (Å²) >= 11 is 3.41. The number of fused-ring (bicyclic) bond motifs is 4. The average Bonchev–Trinajstić information content (AvgIpc) is 2.92. The van der Waals surface area contributed by atoms with E-state index in [1.807, 2.05) is 0 Å². The van der Waals surface area contributed by atoms with Crippen LogP contribution in [-0.4, -0.2) is 59.0 Å². The Labute approximate surface area is 256 Å². The Morgan fingerprint density at radius 2 is 1.73 bits per heavy atom. The highest BCUT2D eigenvalue weighted by molar-refractivity contribution is 9.10. The number of aromatic nitrogens is 1. The van der Waals surface area contributed by atoms with E-state index in [0.717, 1.165) is 6.07 Å². The molecule has 2 N–H and O–H groups in total. The normalized spacial score (nSPS) is 25.8. The van der Waals surface area contributed by atoms with E-state index >= 15 is 0 Å². The molecule has 4 fully saturated rings. The summed E-state index contributed by atoms with van der Waals surface area (Å²) in [5.74, 6) is -5.06. The number of hydrogen-bond donors (Lipinski definition) is 2. The first-order chi connectivity index (χ1) is 20.6. The molecule has 0 radical (unpaired) electrons. The number of pyridine rings is 1. The largest absolute Gasteiger partial charge is 0.573 e. The predicted molar refractivity (Wildman–Crippen MR) is 152 cm³/mol. The third-order valence-corrected chi connectivity index (χ3v) is 9.48. The second-order valence-corrected chi connectivity index (χ2v) is 12.7. The molecule has 1 amide bonds. The molecular weight excluding hydrogens is 657 g/mol. The zero-order chi connectivity index (χ0) is 31.7. The minimum Gasteiger partial charge on any atom is -0.484 e. The van der Waals surface area contributed by atoms with Crippen LogP contribution < -0.4 is 19.7 Å². The van der Waals surface area contributed by atoms with Crippen LogP contribution in [0.3, 0.4) is 0 Å². The van der Waals surface area contributed by atoms with Crippen LogP contribution in [0.25, 0.3) is 10.9 Å². The van der Waals surface area contributed by atoms with Gasteiger partial charge in [-0.15, -0.1) is 13.2 Å². The number of para-hydroxylation sites is 2. The molecule has 1 aromatic heterocycles. The fraction of sp³-hybridized carbons (Fsp3) is 0.433. The van der Waals surface area contributed by atoms with Crippen molar-refractivity contribution in [3.05, 3.63) is 58.1 Å². The van der Waals surface area contributed by atoms with Crippen LogP contribution in [0.4, 0.5) is 27.8 Å². The summed E-state index contributed by atoms with van der Waals surface area (Å²) in [5, 5.41) is 13.6. The van der Waals surface area contributed by atoms with Crippen molar-refractivity contribution in [2.45, 2.75) is 63.0 Å². The molecule has 0 spiro atoms. The zero-order valence-corrected chi connectivity index (χ0v) is 24.9. The van der Waals surface area contributed by atoms with Gasteiger partial charge in [-0.3, -0.25) is 9.59 Å². The van der Waals surface area contributed by atoms with E-state index in [4.69, 9.17) is 4.74 Å². The van der Waals surface area contributed by atoms with Gasteiger partial charge in [0.1, 0.15) is 11.9 Å². The third kappa shape index (κ3) is 5.41. The summed E-state index contributed by atoms with van der Waals surface area (Å²) in [6, 6.07) is 10.3. The van der Waals surface area contributed by atoms with Crippen molar-refractivity contribution in [1.82, 2.24) is 10.3 Å². The van der Waals surface area contributed by atoms with E-state index in [1.165, 1.54) is 23.1 Å². The summed E-state index contributed by atoms with van der Waals surface area (Å²) in [6.07, 6.45) is -5.25. The van der Waals surface area contributed by atoms with Gasteiger partial charge < -0.3 is 24.8 Å². The number of nitrogens with zero attached hydrogens (tertiary/aromatic N) is 2. The molecule has 44 heavy (non-hydrogen) atoms. The maximum absolute atomic E-state index is 14.2. The molecule has 1 aliphatic heterocycles. The summed E-state index contributed by atoms with van der Waals surface area (Å²) in [7, 11) is 0. The number of alkyl halides is 5. The molecule has 2 heterocycles. The first-order valence-corrected chi connectivity index (χ1v) is 14.7. The minimum atomic E-state index is -4.99. The number of amides is 1. The lowest BCUT2D eigenvalue weighted by atomic mass is 9.55. The number of carbonyl (C=O) groups is 2. The van der Waals surface area contributed by atoms with Gasteiger partial charge in [0.05, 0.1) is 35.1 Å². The van der Waals surface area contributed by atoms with Crippen LogP contribution in [-0.2, 0) is 4.79 Å². The second-order valence-electron chi connectivity index (χ2n) is 11.8. The van der Waals surface area contributed by atoms with Gasteiger partial charge in [-0.1, -0.05) is 28.1 Å². The highest BCUT2D eigenvalue weighted by Gasteiger charge is 2.60. The van der Waals surface area contributed by atoms with Crippen LogP contribution in [0.2, 0.25) is 0 Å². The highest BCUT2D eigenvalue weighted by Crippen LogP contribution is 2.54. The fourth-order valence-electron chi connectivity index (χ4n) is 6.69. The number of hydrogen-bond acceptors (Lipinski definition) is 6. The number of halogens is 6. The number of rotatable bonds is 7. The number of ether oxygens (including phenoxy) is 2. The molecule has 3 saturated carbocycles. The monoisotopic (exact) mass is 683 g/mol. The predicted octanol–water partition coefficient (Wildman–Crippen LogP) is 6.62. The summed E-state index contributed by atoms with van der Waals surface area (Å²) in [5.41, 5.74) is -1.31. The topological polar surface area (TPSA) is 101 Å². The maximum Gasteiger partial charge on any atom is 0.573 e. The molecule has 8 nitrogen and oxygen atoms in total. The second kappa shape index (κ2) is 10.5. The van der Waals surface area contributed by atoms with Crippen LogP contribution >= 0.6 is 15.9 Å². The minimum absolute atomic E-state index is 0.0568. The summed E-state index contributed by atoms with van der Waals surface area (Å²) in [6.45, 7) is 0.544. The van der Waals surface area contributed by atoms with Crippen LogP contribution in [0, 0.1) is 12.3 Å². The number of benzene rings is 2. The van der Waals surface area contributed by atoms with Crippen LogP contribution in [0.15, 0.2) is 46.9 Å². The first-order valence-electron chi connectivity index (χ1n) is 13.9. The van der Waals surface area contributed by atoms with E-state index < -0.39 is 60.1 Å². The molecule has 14 heteroatoms. The van der Waals surface area contributed by atoms with Crippen molar-refractivity contribution in [2.24, 2.45) is 5.41 Å². The highest BCUT2D eigenvalue weighted by atomic mass is 79.9. The summed E-state index contributed by atoms with van der Waals surface area (Å²) < 4.78 is 77.9. The van der Waals surface area contributed by atoms with E-state index in [-0.39, 0.29) is 49.2 Å². The molecule has 0 unspecified atom stereocenters. The Hall–Kier alpha value is -3.68. The molecule has 2 bridgehead atoms. The SMILES string of the molecule is Cc1c(N2CC(F)(F)C2)nc2ccc(Br)cc2c1C(=O)NC12CCC(C(=O)O)(CC1)C[C@H]2Oc1ccccc1OC(F)(F)F. The van der Waals surface area contributed by atoms with E-state index in [1.54, 1.807) is 25.1 Å². The molecule has 3 aromatic rings. The number of carboxylic acids is 1. The van der Waals surface area contributed by atoms with E-state index in [9.17, 15) is 36.6 Å².